The number of nitrogens with two attached hydrogens (primary N) is 1. The predicted molar refractivity (Wildman–Crippen MR) is 96.6 cm³/mol. The molecule has 1 aliphatic carbocycles. The smallest absolute Gasteiger partial charge is 0.228 e. The van der Waals surface area contributed by atoms with Crippen molar-refractivity contribution in [2.24, 2.45) is 11.7 Å². The number of nitrogens with zero attached hydrogens (tertiary/aromatic N) is 1. The van der Waals surface area contributed by atoms with Crippen molar-refractivity contribution in [2.75, 3.05) is 13.2 Å². The summed E-state index contributed by atoms with van der Waals surface area (Å²) in [6.07, 6.45) is 2.83. The number of halogens is 1. The number of aromatic nitrogens is 1. The van der Waals surface area contributed by atoms with Crippen LogP contribution in [0.4, 0.5) is 4.39 Å². The molecule has 1 aromatic heterocycles. The van der Waals surface area contributed by atoms with Crippen molar-refractivity contribution in [3.8, 4) is 17.0 Å². The number of benzene rings is 1. The van der Waals surface area contributed by atoms with Crippen LogP contribution in [0, 0.1) is 11.7 Å². The van der Waals surface area contributed by atoms with Gasteiger partial charge in [-0.15, -0.1) is 0 Å². The fraction of sp³-hybridized carbons (Fsp3) is 0.350. The van der Waals surface area contributed by atoms with Gasteiger partial charge >= 0.3 is 0 Å². The van der Waals surface area contributed by atoms with Crippen molar-refractivity contribution in [3.63, 3.8) is 0 Å². The number of hydrogen-bond donors (Lipinski definition) is 2. The number of pyridine rings is 1. The van der Waals surface area contributed by atoms with Crippen LogP contribution in [0.3, 0.4) is 0 Å². The van der Waals surface area contributed by atoms with E-state index < -0.39 is 11.8 Å². The SMILES string of the molecule is NC(=O)C1COc2c1cc(C(CNC=O)C1CC1)nc2-c1ccc(F)cc1. The maximum atomic E-state index is 13.4. The van der Waals surface area contributed by atoms with Crippen LogP contribution < -0.4 is 15.8 Å². The minimum absolute atomic E-state index is 0.0498. The van der Waals surface area contributed by atoms with Gasteiger partial charge in [-0.1, -0.05) is 0 Å². The van der Waals surface area contributed by atoms with E-state index in [2.05, 4.69) is 5.32 Å². The Balaban J connectivity index is 1.83. The second kappa shape index (κ2) is 6.98. The molecule has 2 aliphatic rings. The molecule has 2 heterocycles. The second-order valence-electron chi connectivity index (χ2n) is 7.06. The highest BCUT2D eigenvalue weighted by atomic mass is 19.1. The molecule has 2 unspecified atom stereocenters. The number of nitrogens with one attached hydrogen (secondary N) is 1. The molecule has 2 atom stereocenters. The zero-order valence-electron chi connectivity index (χ0n) is 14.7. The molecular weight excluding hydrogens is 349 g/mol. The Hall–Kier alpha value is -2.96. The van der Waals surface area contributed by atoms with Gasteiger partial charge in [0.15, 0.2) is 0 Å². The van der Waals surface area contributed by atoms with Crippen LogP contribution in [0.2, 0.25) is 0 Å². The number of fused-ring (bicyclic) bond motifs is 1. The summed E-state index contributed by atoms with van der Waals surface area (Å²) < 4.78 is 19.1. The summed E-state index contributed by atoms with van der Waals surface area (Å²) in [6, 6.07) is 7.88. The second-order valence-corrected chi connectivity index (χ2v) is 7.06. The van der Waals surface area contributed by atoms with Gasteiger partial charge in [0.2, 0.25) is 12.3 Å². The van der Waals surface area contributed by atoms with Gasteiger partial charge in [0.1, 0.15) is 29.8 Å². The summed E-state index contributed by atoms with van der Waals surface area (Å²) in [5, 5.41) is 2.74. The third kappa shape index (κ3) is 3.37. The molecule has 0 radical (unpaired) electrons. The molecule has 27 heavy (non-hydrogen) atoms. The Labute approximate surface area is 155 Å². The van der Waals surface area contributed by atoms with Crippen molar-refractivity contribution in [1.29, 1.82) is 0 Å². The first-order valence-corrected chi connectivity index (χ1v) is 8.98. The molecule has 1 aromatic carbocycles. The minimum atomic E-state index is -0.542. The van der Waals surface area contributed by atoms with E-state index in [1.807, 2.05) is 6.07 Å². The number of carbonyl (C=O) groups is 2. The average molecular weight is 369 g/mol. The summed E-state index contributed by atoms with van der Waals surface area (Å²) in [7, 11) is 0. The highest BCUT2D eigenvalue weighted by Gasteiger charge is 2.37. The zero-order valence-corrected chi connectivity index (χ0v) is 14.7. The van der Waals surface area contributed by atoms with Gasteiger partial charge in [0, 0.05) is 29.3 Å². The first-order valence-electron chi connectivity index (χ1n) is 8.98. The van der Waals surface area contributed by atoms with Crippen molar-refractivity contribution in [1.82, 2.24) is 10.3 Å². The standard InChI is InChI=1S/C20H20FN3O3/c21-13-5-3-12(4-6-13)18-19-14(16(9-27-19)20(22)26)7-17(24-18)15(8-23-10-25)11-1-2-11/h3-7,10-11,15-16H,1-2,8-9H2,(H2,22,26)(H,23,25). The first-order chi connectivity index (χ1) is 13.1. The average Bonchev–Trinajstić information content (AvgIpc) is 3.40. The van der Waals surface area contributed by atoms with Gasteiger partial charge < -0.3 is 15.8 Å². The summed E-state index contributed by atoms with van der Waals surface area (Å²) in [5.41, 5.74) is 8.34. The maximum absolute atomic E-state index is 13.4. The number of rotatable bonds is 7. The monoisotopic (exact) mass is 369 g/mol. The van der Waals surface area contributed by atoms with Crippen molar-refractivity contribution in [2.45, 2.75) is 24.7 Å². The maximum Gasteiger partial charge on any atom is 0.228 e. The number of hydrogen-bond acceptors (Lipinski definition) is 4. The summed E-state index contributed by atoms with van der Waals surface area (Å²) in [5.74, 6) is -0.322. The molecule has 0 bridgehead atoms. The minimum Gasteiger partial charge on any atom is -0.490 e. The van der Waals surface area contributed by atoms with E-state index >= 15 is 0 Å². The van der Waals surface area contributed by atoms with E-state index in [1.165, 1.54) is 12.1 Å². The van der Waals surface area contributed by atoms with Gasteiger partial charge in [0.25, 0.3) is 0 Å². The van der Waals surface area contributed by atoms with E-state index in [-0.39, 0.29) is 18.3 Å². The fourth-order valence-corrected chi connectivity index (χ4v) is 3.66. The van der Waals surface area contributed by atoms with E-state index in [4.69, 9.17) is 15.5 Å². The van der Waals surface area contributed by atoms with E-state index in [1.54, 1.807) is 12.1 Å². The molecule has 6 nitrogen and oxygen atoms in total. The van der Waals surface area contributed by atoms with Crippen LogP contribution in [0.5, 0.6) is 5.75 Å². The molecule has 0 saturated heterocycles. The Morgan fingerprint density at radius 2 is 2.11 bits per heavy atom. The van der Waals surface area contributed by atoms with Crippen LogP contribution >= 0.6 is 0 Å². The van der Waals surface area contributed by atoms with Crippen LogP contribution in [0.1, 0.15) is 35.9 Å². The fourth-order valence-electron chi connectivity index (χ4n) is 3.66. The Morgan fingerprint density at radius 1 is 1.37 bits per heavy atom. The summed E-state index contributed by atoms with van der Waals surface area (Å²) in [6.45, 7) is 0.648. The largest absolute Gasteiger partial charge is 0.490 e. The third-order valence-corrected chi connectivity index (χ3v) is 5.24. The zero-order chi connectivity index (χ0) is 19.0. The first kappa shape index (κ1) is 17.5. The summed E-state index contributed by atoms with van der Waals surface area (Å²) >= 11 is 0. The lowest BCUT2D eigenvalue weighted by molar-refractivity contribution is -0.119. The molecule has 1 fully saturated rings. The molecule has 140 valence electrons. The van der Waals surface area contributed by atoms with Crippen LogP contribution in [0.25, 0.3) is 11.3 Å². The number of amides is 2. The molecule has 2 aromatic rings. The van der Waals surface area contributed by atoms with Crippen LogP contribution in [-0.2, 0) is 9.59 Å². The lowest BCUT2D eigenvalue weighted by Crippen LogP contribution is -2.24. The van der Waals surface area contributed by atoms with Crippen LogP contribution in [0.15, 0.2) is 30.3 Å². The van der Waals surface area contributed by atoms with Gasteiger partial charge in [-0.2, -0.15) is 0 Å². The van der Waals surface area contributed by atoms with Gasteiger partial charge in [-0.3, -0.25) is 9.59 Å². The quantitative estimate of drug-likeness (QED) is 0.731. The van der Waals surface area contributed by atoms with Crippen molar-refractivity contribution in [3.05, 3.63) is 47.4 Å². The molecule has 1 aliphatic heterocycles. The van der Waals surface area contributed by atoms with E-state index in [9.17, 15) is 14.0 Å². The third-order valence-electron chi connectivity index (χ3n) is 5.24. The van der Waals surface area contributed by atoms with Crippen molar-refractivity contribution < 1.29 is 18.7 Å². The highest BCUT2D eigenvalue weighted by molar-refractivity contribution is 5.85. The van der Waals surface area contributed by atoms with Gasteiger partial charge in [-0.25, -0.2) is 9.37 Å². The van der Waals surface area contributed by atoms with E-state index in [0.717, 1.165) is 18.5 Å². The molecule has 2 amide bonds. The van der Waals surface area contributed by atoms with E-state index in [0.29, 0.717) is 41.4 Å². The highest BCUT2D eigenvalue weighted by Crippen LogP contribution is 2.46. The molecule has 4 rings (SSSR count). The molecule has 0 spiro atoms. The van der Waals surface area contributed by atoms with Crippen LogP contribution in [-0.4, -0.2) is 30.5 Å². The van der Waals surface area contributed by atoms with Crippen molar-refractivity contribution >= 4 is 12.3 Å². The number of primary amides is 1. The molecule has 1 saturated carbocycles. The lowest BCUT2D eigenvalue weighted by atomic mass is 9.92. The van der Waals surface area contributed by atoms with Gasteiger partial charge in [0.05, 0.1) is 0 Å². The lowest BCUT2D eigenvalue weighted by Gasteiger charge is -2.18. The topological polar surface area (TPSA) is 94.3 Å². The number of carbonyl (C=O) groups excluding carboxylic acids is 2. The predicted octanol–water partition coefficient (Wildman–Crippen LogP) is 2.09. The summed E-state index contributed by atoms with van der Waals surface area (Å²) in [4.78, 5) is 27.5. The Kier molecular flexibility index (Phi) is 4.51. The Bertz CT molecular complexity index is 881. The molecular formula is C20H20FN3O3. The van der Waals surface area contributed by atoms with Gasteiger partial charge in [-0.05, 0) is 49.1 Å². The number of ether oxygens (including phenoxy) is 1. The Morgan fingerprint density at radius 3 is 2.74 bits per heavy atom. The molecule has 7 heteroatoms. The normalized spacial score (nSPS) is 19.1. The molecule has 3 N–H and O–H groups in total.